The molecule has 0 aliphatic rings. The molecule has 0 N–H and O–H groups in total. The van der Waals surface area contributed by atoms with Gasteiger partial charge in [-0.2, -0.15) is 0 Å². The Hall–Kier alpha value is -2.42. The summed E-state index contributed by atoms with van der Waals surface area (Å²) < 4.78 is 63.2. The zero-order valence-corrected chi connectivity index (χ0v) is 32.8. The van der Waals surface area contributed by atoms with E-state index in [1.54, 1.807) is 48.5 Å². The number of hydrogen-bond acceptors (Lipinski definition) is 4. The second kappa shape index (κ2) is 17.3. The Morgan fingerprint density at radius 1 is 0.553 bits per heavy atom. The number of unbranched alkanes of at least 4 members (excludes halogenated alkanes) is 3. The van der Waals surface area contributed by atoms with Gasteiger partial charge in [0, 0.05) is 0 Å². The predicted octanol–water partition coefficient (Wildman–Crippen LogP) is 10.4. The number of benzene rings is 4. The van der Waals surface area contributed by atoms with E-state index in [1.807, 2.05) is 72.8 Å². The molecule has 0 fully saturated rings. The van der Waals surface area contributed by atoms with Crippen LogP contribution < -0.4 is 0 Å². The second-order valence-corrected chi connectivity index (χ2v) is 32.8. The molecule has 0 bridgehead atoms. The normalized spacial score (nSPS) is 14.4. The minimum atomic E-state index is -4.03. The molecule has 7 heteroatoms. The average Bonchev–Trinajstić information content (AvgIpc) is 3.11. The van der Waals surface area contributed by atoms with Gasteiger partial charge in [-0.1, -0.05) is 0 Å². The van der Waals surface area contributed by atoms with Crippen LogP contribution in [0.3, 0.4) is 0 Å². The van der Waals surface area contributed by atoms with E-state index in [4.69, 9.17) is 0 Å². The molecule has 4 rings (SSSR count). The van der Waals surface area contributed by atoms with E-state index in [2.05, 4.69) is 20.8 Å². The average molecular weight is 780 g/mol. The molecule has 0 amide bonds. The van der Waals surface area contributed by atoms with Gasteiger partial charge in [-0.15, -0.1) is 0 Å². The van der Waals surface area contributed by atoms with Gasteiger partial charge in [-0.25, -0.2) is 0 Å². The molecule has 0 aromatic heterocycles. The molecule has 0 saturated heterocycles. The Morgan fingerprint density at radius 2 is 0.957 bits per heavy atom. The number of hydrogen-bond donors (Lipinski definition) is 0. The molecular weight excluding hydrogens is 727 g/mol. The van der Waals surface area contributed by atoms with Crippen molar-refractivity contribution in [1.82, 2.24) is 0 Å². The molecular formula is C40H52O4S2Sn. The van der Waals surface area contributed by atoms with Crippen LogP contribution in [0, 0.1) is 0 Å². The third-order valence-electron chi connectivity index (χ3n) is 10.0. The minimum absolute atomic E-state index is 0.0492. The van der Waals surface area contributed by atoms with Gasteiger partial charge >= 0.3 is 291 Å². The van der Waals surface area contributed by atoms with Crippen LogP contribution in [0.15, 0.2) is 131 Å². The third kappa shape index (κ3) is 8.42. The summed E-state index contributed by atoms with van der Waals surface area (Å²) in [5.41, 5.74) is 1.61. The molecule has 4 nitrogen and oxygen atoms in total. The van der Waals surface area contributed by atoms with Gasteiger partial charge in [0.15, 0.2) is 0 Å². The molecule has 4 aromatic carbocycles. The maximum absolute atomic E-state index is 15.9. The van der Waals surface area contributed by atoms with E-state index in [0.717, 1.165) is 57.4 Å². The molecule has 252 valence electrons. The van der Waals surface area contributed by atoms with Crippen LogP contribution >= 0.6 is 0 Å². The SMILES string of the molecule is CCC[CH2][Sn]([CH2]CCC)([CH2]CCC)[C](Cc1ccccc1)(CC(c1ccccc1)S(=O)(=O)c1ccccc1)S(=O)(=O)c1ccccc1. The molecule has 0 saturated carbocycles. The summed E-state index contributed by atoms with van der Waals surface area (Å²) >= 11 is -3.99. The Kier molecular flexibility index (Phi) is 13.8. The summed E-state index contributed by atoms with van der Waals surface area (Å²) in [5, 5.41) is -1.02. The topological polar surface area (TPSA) is 68.3 Å². The maximum atomic E-state index is 15.9. The van der Waals surface area contributed by atoms with E-state index in [1.165, 1.54) is 0 Å². The van der Waals surface area contributed by atoms with Crippen molar-refractivity contribution in [2.75, 3.05) is 0 Å². The molecule has 0 aliphatic carbocycles. The van der Waals surface area contributed by atoms with Crippen molar-refractivity contribution in [2.45, 2.75) is 103 Å². The molecule has 0 aliphatic heterocycles. The first kappa shape index (κ1) is 37.4. The van der Waals surface area contributed by atoms with Crippen molar-refractivity contribution >= 4 is 38.1 Å². The van der Waals surface area contributed by atoms with Crippen LogP contribution in [-0.2, 0) is 26.1 Å². The molecule has 47 heavy (non-hydrogen) atoms. The standard InChI is InChI=1S/C28H25O4S2.3C4H9.Sn/c29-33(30,25-17-9-3-10-18-25)27(21-23-13-5-1-6-14-23)22-28(24-15-7-2-8-16-24)34(31,32)26-19-11-4-12-20-26;3*1-3-4-2;/h1-20,28H,21-22H2;3*1,3-4H2,2H3;. The van der Waals surface area contributed by atoms with Crippen LogP contribution in [0.5, 0.6) is 0 Å². The van der Waals surface area contributed by atoms with Crippen LogP contribution in [0.4, 0.5) is 0 Å². The third-order valence-corrected chi connectivity index (χ3v) is 37.4. The first-order valence-corrected chi connectivity index (χ1v) is 27.9. The van der Waals surface area contributed by atoms with E-state index in [0.29, 0.717) is 16.9 Å². The summed E-state index contributed by atoms with van der Waals surface area (Å²) in [6.07, 6.45) is 6.21. The first-order chi connectivity index (χ1) is 22.7. The van der Waals surface area contributed by atoms with Gasteiger partial charge in [0.25, 0.3) is 0 Å². The first-order valence-electron chi connectivity index (χ1n) is 17.3. The Morgan fingerprint density at radius 3 is 1.40 bits per heavy atom. The van der Waals surface area contributed by atoms with Gasteiger partial charge in [-0.3, -0.25) is 0 Å². The molecule has 2 atom stereocenters. The zero-order chi connectivity index (χ0) is 33.8. The van der Waals surface area contributed by atoms with E-state index in [9.17, 15) is 8.42 Å². The van der Waals surface area contributed by atoms with Gasteiger partial charge in [0.05, 0.1) is 0 Å². The number of rotatable bonds is 19. The summed E-state index contributed by atoms with van der Waals surface area (Å²) in [7, 11) is -8.00. The summed E-state index contributed by atoms with van der Waals surface area (Å²) in [6, 6.07) is 36.9. The van der Waals surface area contributed by atoms with Crippen LogP contribution in [0.25, 0.3) is 0 Å². The Bertz CT molecular complexity index is 1690. The van der Waals surface area contributed by atoms with Crippen molar-refractivity contribution < 1.29 is 16.8 Å². The van der Waals surface area contributed by atoms with Gasteiger partial charge < -0.3 is 0 Å². The monoisotopic (exact) mass is 780 g/mol. The molecule has 0 radical (unpaired) electrons. The molecule has 4 aromatic rings. The fraction of sp³-hybridized carbons (Fsp3) is 0.400. The molecule has 0 spiro atoms. The van der Waals surface area contributed by atoms with Gasteiger partial charge in [-0.05, 0) is 0 Å². The molecule has 0 heterocycles. The van der Waals surface area contributed by atoms with E-state index in [-0.39, 0.29) is 11.3 Å². The summed E-state index contributed by atoms with van der Waals surface area (Å²) in [4.78, 5) is 0.543. The number of sulfone groups is 2. The van der Waals surface area contributed by atoms with Crippen LogP contribution in [-0.4, -0.2) is 38.0 Å². The van der Waals surface area contributed by atoms with Crippen molar-refractivity contribution in [3.8, 4) is 0 Å². The second-order valence-electron chi connectivity index (χ2n) is 13.0. The van der Waals surface area contributed by atoms with Gasteiger partial charge in [0.1, 0.15) is 0 Å². The fourth-order valence-corrected chi connectivity index (χ4v) is 38.4. The quantitative estimate of drug-likeness (QED) is 0.0889. The molecule has 2 unspecified atom stereocenters. The van der Waals surface area contributed by atoms with Crippen LogP contribution in [0.1, 0.15) is 82.1 Å². The summed E-state index contributed by atoms with van der Waals surface area (Å²) in [6.45, 7) is 6.56. The predicted molar refractivity (Wildman–Crippen MR) is 199 cm³/mol. The van der Waals surface area contributed by atoms with E-state index < -0.39 is 46.1 Å². The Balaban J connectivity index is 2.16. The van der Waals surface area contributed by atoms with Crippen molar-refractivity contribution in [1.29, 1.82) is 0 Å². The summed E-state index contributed by atoms with van der Waals surface area (Å²) in [5.74, 6) is 0. The van der Waals surface area contributed by atoms with Crippen molar-refractivity contribution in [3.05, 3.63) is 132 Å². The van der Waals surface area contributed by atoms with Crippen molar-refractivity contribution in [2.24, 2.45) is 0 Å². The zero-order valence-electron chi connectivity index (χ0n) is 28.4. The van der Waals surface area contributed by atoms with Crippen molar-refractivity contribution in [3.63, 3.8) is 0 Å². The van der Waals surface area contributed by atoms with E-state index >= 15 is 8.42 Å². The fourth-order valence-electron chi connectivity index (χ4n) is 7.47. The Labute approximate surface area is 288 Å². The van der Waals surface area contributed by atoms with Gasteiger partial charge in [0.2, 0.25) is 0 Å². The van der Waals surface area contributed by atoms with Crippen LogP contribution in [0.2, 0.25) is 13.3 Å².